The number of hydrogen-bond acceptors (Lipinski definition) is 4. The van der Waals surface area contributed by atoms with Crippen LogP contribution in [-0.4, -0.2) is 37.8 Å². The van der Waals surface area contributed by atoms with E-state index in [1.165, 1.54) is 0 Å². The summed E-state index contributed by atoms with van der Waals surface area (Å²) in [6.45, 7) is 3.19. The summed E-state index contributed by atoms with van der Waals surface area (Å²) >= 11 is 0. The molecule has 1 fully saturated rings. The van der Waals surface area contributed by atoms with Crippen molar-refractivity contribution < 1.29 is 17.6 Å². The number of carbonyl (C=O) groups excluding carboxylic acids is 1. The number of amides is 1. The normalized spacial score (nSPS) is 16.7. The van der Waals surface area contributed by atoms with Crippen molar-refractivity contribution in [2.45, 2.75) is 69.2 Å². The molecule has 6 nitrogen and oxygen atoms in total. The molecule has 0 bridgehead atoms. The predicted molar refractivity (Wildman–Crippen MR) is 117 cm³/mol. The maximum absolute atomic E-state index is 12.8. The maximum Gasteiger partial charge on any atom is 0.243 e. The Morgan fingerprint density at radius 3 is 2.40 bits per heavy atom. The molecule has 7 heteroatoms. The predicted octanol–water partition coefficient (Wildman–Crippen LogP) is 3.91. The topological polar surface area (TPSA) is 79.6 Å². The van der Waals surface area contributed by atoms with Crippen molar-refractivity contribution in [1.29, 1.82) is 0 Å². The minimum absolute atomic E-state index is 0.00297. The van der Waals surface area contributed by atoms with E-state index in [0.717, 1.165) is 49.8 Å². The van der Waals surface area contributed by atoms with E-state index in [9.17, 15) is 13.2 Å². The molecule has 1 aromatic carbocycles. The summed E-state index contributed by atoms with van der Waals surface area (Å²) in [5.74, 6) is 0.925. The van der Waals surface area contributed by atoms with Crippen LogP contribution in [0.25, 0.3) is 0 Å². The molecule has 30 heavy (non-hydrogen) atoms. The zero-order valence-electron chi connectivity index (χ0n) is 17.7. The summed E-state index contributed by atoms with van der Waals surface area (Å²) in [6, 6.07) is 10.8. The standard InChI is InChI=1S/C23H32N2O4S/c1-19(8-12-21-7-6-18-29-21)24-23(26)15-11-20-9-13-22(14-10-20)30(27,28)25-16-4-2-3-5-17-25/h6-7,9-10,13-14,18-19H,2-5,8,11-12,15-17H2,1H3,(H,24,26). The first kappa shape index (κ1) is 22.6. The molecule has 1 amide bonds. The Kier molecular flexibility index (Phi) is 8.10. The van der Waals surface area contributed by atoms with E-state index in [-0.39, 0.29) is 11.9 Å². The smallest absolute Gasteiger partial charge is 0.243 e. The van der Waals surface area contributed by atoms with Gasteiger partial charge in [-0.2, -0.15) is 4.31 Å². The molecule has 1 atom stereocenters. The van der Waals surface area contributed by atoms with Crippen molar-refractivity contribution in [3.05, 3.63) is 54.0 Å². The monoisotopic (exact) mass is 432 g/mol. The van der Waals surface area contributed by atoms with Gasteiger partial charge in [-0.15, -0.1) is 0 Å². The van der Waals surface area contributed by atoms with Crippen LogP contribution in [0.3, 0.4) is 0 Å². The van der Waals surface area contributed by atoms with Gasteiger partial charge in [0.15, 0.2) is 0 Å². The van der Waals surface area contributed by atoms with E-state index in [4.69, 9.17) is 4.42 Å². The Labute approximate surface area is 179 Å². The Hall–Kier alpha value is -2.12. The van der Waals surface area contributed by atoms with Gasteiger partial charge in [-0.05, 0) is 62.4 Å². The molecule has 164 valence electrons. The fourth-order valence-electron chi connectivity index (χ4n) is 3.75. The van der Waals surface area contributed by atoms with Crippen LogP contribution in [0.4, 0.5) is 0 Å². The first-order valence-corrected chi connectivity index (χ1v) is 12.3. The van der Waals surface area contributed by atoms with Crippen molar-refractivity contribution in [3.8, 4) is 0 Å². The molecule has 1 aliphatic heterocycles. The fourth-order valence-corrected chi connectivity index (χ4v) is 5.27. The molecule has 1 N–H and O–H groups in total. The van der Waals surface area contributed by atoms with Gasteiger partial charge in [0.1, 0.15) is 5.76 Å². The highest BCUT2D eigenvalue weighted by Gasteiger charge is 2.24. The number of nitrogens with zero attached hydrogens (tertiary/aromatic N) is 1. The minimum atomic E-state index is -3.43. The van der Waals surface area contributed by atoms with E-state index in [2.05, 4.69) is 5.32 Å². The summed E-state index contributed by atoms with van der Waals surface area (Å²) in [4.78, 5) is 12.6. The lowest BCUT2D eigenvalue weighted by Crippen LogP contribution is -2.33. The lowest BCUT2D eigenvalue weighted by atomic mass is 10.1. The maximum atomic E-state index is 12.8. The minimum Gasteiger partial charge on any atom is -0.469 e. The lowest BCUT2D eigenvalue weighted by Gasteiger charge is -2.20. The van der Waals surface area contributed by atoms with Crippen molar-refractivity contribution in [2.75, 3.05) is 13.1 Å². The summed E-state index contributed by atoms with van der Waals surface area (Å²) < 4.78 is 32.6. The van der Waals surface area contributed by atoms with Crippen LogP contribution >= 0.6 is 0 Å². The van der Waals surface area contributed by atoms with Crippen LogP contribution in [0.2, 0.25) is 0 Å². The van der Waals surface area contributed by atoms with Crippen molar-refractivity contribution in [3.63, 3.8) is 0 Å². The van der Waals surface area contributed by atoms with E-state index < -0.39 is 10.0 Å². The molecule has 1 saturated heterocycles. The first-order chi connectivity index (χ1) is 14.4. The summed E-state index contributed by atoms with van der Waals surface area (Å²) in [5.41, 5.74) is 0.961. The van der Waals surface area contributed by atoms with Gasteiger partial charge in [0.25, 0.3) is 0 Å². The van der Waals surface area contributed by atoms with Crippen LogP contribution in [0.5, 0.6) is 0 Å². The van der Waals surface area contributed by atoms with Gasteiger partial charge in [0.2, 0.25) is 15.9 Å². The van der Waals surface area contributed by atoms with Gasteiger partial charge < -0.3 is 9.73 Å². The summed E-state index contributed by atoms with van der Waals surface area (Å²) in [6.07, 6.45) is 8.26. The zero-order chi connectivity index (χ0) is 21.4. The SMILES string of the molecule is CC(CCc1ccco1)NC(=O)CCc1ccc(S(=O)(=O)N2CCCCCC2)cc1. The van der Waals surface area contributed by atoms with Crippen LogP contribution in [0.15, 0.2) is 52.0 Å². The second-order valence-electron chi connectivity index (χ2n) is 8.05. The lowest BCUT2D eigenvalue weighted by molar-refractivity contribution is -0.121. The number of furan rings is 1. The third kappa shape index (κ3) is 6.44. The molecule has 1 unspecified atom stereocenters. The van der Waals surface area contributed by atoms with Crippen molar-refractivity contribution in [2.24, 2.45) is 0 Å². The average Bonchev–Trinajstić information content (AvgIpc) is 3.10. The van der Waals surface area contributed by atoms with Crippen molar-refractivity contribution in [1.82, 2.24) is 9.62 Å². The highest BCUT2D eigenvalue weighted by molar-refractivity contribution is 7.89. The largest absolute Gasteiger partial charge is 0.469 e. The summed E-state index contributed by atoms with van der Waals surface area (Å²) in [7, 11) is -3.43. The quantitative estimate of drug-likeness (QED) is 0.651. The third-order valence-corrected chi connectivity index (χ3v) is 7.49. The Bertz CT molecular complexity index is 884. The zero-order valence-corrected chi connectivity index (χ0v) is 18.5. The molecule has 0 aliphatic carbocycles. The second-order valence-corrected chi connectivity index (χ2v) is 9.99. The third-order valence-electron chi connectivity index (χ3n) is 5.58. The average molecular weight is 433 g/mol. The van der Waals surface area contributed by atoms with Gasteiger partial charge in [0, 0.05) is 32.0 Å². The second kappa shape index (κ2) is 10.8. The van der Waals surface area contributed by atoms with Gasteiger partial charge >= 0.3 is 0 Å². The summed E-state index contributed by atoms with van der Waals surface area (Å²) in [5, 5.41) is 3.01. The van der Waals surface area contributed by atoms with Gasteiger partial charge in [-0.3, -0.25) is 4.79 Å². The Balaban J connectivity index is 1.46. The van der Waals surface area contributed by atoms with Gasteiger partial charge in [-0.25, -0.2) is 8.42 Å². The van der Waals surface area contributed by atoms with Gasteiger partial charge in [-0.1, -0.05) is 25.0 Å². The molecular formula is C23H32N2O4S. The molecule has 0 saturated carbocycles. The number of carbonyl (C=O) groups is 1. The number of sulfonamides is 1. The van der Waals surface area contributed by atoms with Gasteiger partial charge in [0.05, 0.1) is 11.2 Å². The fraction of sp³-hybridized carbons (Fsp3) is 0.522. The Morgan fingerprint density at radius 1 is 1.07 bits per heavy atom. The molecule has 2 heterocycles. The Morgan fingerprint density at radius 2 is 1.77 bits per heavy atom. The number of nitrogens with one attached hydrogen (secondary N) is 1. The van der Waals surface area contributed by atoms with Crippen LogP contribution in [0.1, 0.15) is 56.8 Å². The van der Waals surface area contributed by atoms with Crippen LogP contribution in [-0.2, 0) is 27.7 Å². The number of rotatable bonds is 9. The molecule has 1 aliphatic rings. The molecule has 3 rings (SSSR count). The van der Waals surface area contributed by atoms with E-state index >= 15 is 0 Å². The van der Waals surface area contributed by atoms with Crippen LogP contribution < -0.4 is 5.32 Å². The molecular weight excluding hydrogens is 400 g/mol. The highest BCUT2D eigenvalue weighted by atomic mass is 32.2. The first-order valence-electron chi connectivity index (χ1n) is 10.9. The van der Waals surface area contributed by atoms with E-state index in [1.54, 1.807) is 22.7 Å². The number of hydrogen-bond donors (Lipinski definition) is 1. The number of aryl methyl sites for hydroxylation is 2. The molecule has 2 aromatic rings. The van der Waals surface area contributed by atoms with Crippen molar-refractivity contribution >= 4 is 15.9 Å². The molecule has 1 aromatic heterocycles. The highest BCUT2D eigenvalue weighted by Crippen LogP contribution is 2.21. The van der Waals surface area contributed by atoms with E-state index in [0.29, 0.717) is 30.8 Å². The van der Waals surface area contributed by atoms with E-state index in [1.807, 2.05) is 31.2 Å². The van der Waals surface area contributed by atoms with Crippen LogP contribution in [0, 0.1) is 0 Å². The molecule has 0 spiro atoms. The number of benzene rings is 1. The molecule has 0 radical (unpaired) electrons.